The molecule has 3 aromatic rings. The molecule has 3 heteroatoms. The fourth-order valence-corrected chi connectivity index (χ4v) is 3.99. The summed E-state index contributed by atoms with van der Waals surface area (Å²) in [6.07, 6.45) is 0. The zero-order chi connectivity index (χ0) is 13.1. The first-order valence-corrected chi connectivity index (χ1v) is 7.38. The zero-order valence-electron chi connectivity index (χ0n) is 10.5. The van der Waals surface area contributed by atoms with Crippen LogP contribution >= 0.6 is 22.6 Å². The van der Waals surface area contributed by atoms with Crippen molar-refractivity contribution in [1.29, 1.82) is 0 Å². The second kappa shape index (κ2) is 3.76. The summed E-state index contributed by atoms with van der Waals surface area (Å²) >= 11 is 2.36. The molecule has 0 saturated heterocycles. The Morgan fingerprint density at radius 1 is 0.895 bits per heavy atom. The van der Waals surface area contributed by atoms with Gasteiger partial charge in [-0.1, -0.05) is 47.9 Å². The minimum absolute atomic E-state index is 0.914. The minimum Gasteiger partial charge on any atom is -0.398 e. The van der Waals surface area contributed by atoms with Gasteiger partial charge in [0.25, 0.3) is 0 Å². The van der Waals surface area contributed by atoms with Crippen LogP contribution in [0.5, 0.6) is 0 Å². The largest absolute Gasteiger partial charge is 0.398 e. The summed E-state index contributed by atoms with van der Waals surface area (Å²) in [6.45, 7) is 0. The topological polar surface area (TPSA) is 26.0 Å². The summed E-state index contributed by atoms with van der Waals surface area (Å²) in [5.41, 5.74) is 13.7. The zero-order valence-corrected chi connectivity index (χ0v) is 12.7. The van der Waals surface area contributed by atoms with Crippen LogP contribution in [0.3, 0.4) is 0 Å². The number of hydrogen-bond acceptors (Lipinski definition) is 1. The predicted molar refractivity (Wildman–Crippen MR) is 93.7 cm³/mol. The van der Waals surface area contributed by atoms with Crippen molar-refractivity contribution in [1.82, 2.24) is 0 Å². The highest BCUT2D eigenvalue weighted by Gasteiger charge is 2.24. The average molecular weight is 355 g/mol. The highest BCUT2D eigenvalue weighted by Crippen LogP contribution is 2.47. The molecule has 0 heterocycles. The van der Waals surface area contributed by atoms with E-state index < -0.39 is 0 Å². The van der Waals surface area contributed by atoms with Gasteiger partial charge in [0.2, 0.25) is 0 Å². The highest BCUT2D eigenvalue weighted by atomic mass is 127. The van der Waals surface area contributed by atoms with E-state index in [9.17, 15) is 0 Å². The third-order valence-corrected chi connectivity index (χ3v) is 5.22. The Morgan fingerprint density at radius 3 is 2.37 bits per heavy atom. The predicted octanol–water partition coefficient (Wildman–Crippen LogP) is 2.93. The van der Waals surface area contributed by atoms with E-state index in [-0.39, 0.29) is 0 Å². The quantitative estimate of drug-likeness (QED) is 0.293. The van der Waals surface area contributed by atoms with Gasteiger partial charge in [0, 0.05) is 9.26 Å². The summed E-state index contributed by atoms with van der Waals surface area (Å²) in [5, 5.41) is 2.63. The fraction of sp³-hybridized carbons (Fsp3) is 0. The molecule has 0 unspecified atom stereocenters. The van der Waals surface area contributed by atoms with Gasteiger partial charge in [-0.25, -0.2) is 0 Å². The molecule has 2 N–H and O–H groups in total. The van der Waals surface area contributed by atoms with Crippen molar-refractivity contribution in [3.8, 4) is 22.3 Å². The molecule has 0 aromatic heterocycles. The summed E-state index contributed by atoms with van der Waals surface area (Å²) in [5.74, 6) is 0. The van der Waals surface area contributed by atoms with Gasteiger partial charge < -0.3 is 5.73 Å². The Labute approximate surface area is 126 Å². The van der Waals surface area contributed by atoms with Crippen molar-refractivity contribution in [3.05, 3.63) is 46.0 Å². The molecule has 90 valence electrons. The summed E-state index contributed by atoms with van der Waals surface area (Å²) < 4.78 is 1.17. The van der Waals surface area contributed by atoms with E-state index >= 15 is 0 Å². The minimum atomic E-state index is 0.914. The smallest absolute Gasteiger partial charge is 0.142 e. The second-order valence-corrected chi connectivity index (χ2v) is 6.08. The van der Waals surface area contributed by atoms with Gasteiger partial charge in [-0.05, 0) is 55.6 Å². The lowest BCUT2D eigenvalue weighted by atomic mass is 9.84. The van der Waals surface area contributed by atoms with Crippen LogP contribution in [0.4, 0.5) is 5.69 Å². The van der Waals surface area contributed by atoms with E-state index in [0.717, 1.165) is 5.69 Å². The van der Waals surface area contributed by atoms with Crippen LogP contribution in [-0.2, 0) is 0 Å². The molecule has 0 radical (unpaired) electrons. The van der Waals surface area contributed by atoms with Crippen molar-refractivity contribution in [3.63, 3.8) is 0 Å². The molecule has 1 nitrogen and oxygen atoms in total. The number of rotatable bonds is 0. The van der Waals surface area contributed by atoms with E-state index in [1.165, 1.54) is 42.1 Å². The molecule has 1 aliphatic carbocycles. The average Bonchev–Trinajstić information content (AvgIpc) is 2.78. The van der Waals surface area contributed by atoms with Crippen molar-refractivity contribution in [2.75, 3.05) is 5.73 Å². The Kier molecular flexibility index (Phi) is 2.25. The number of benzene rings is 3. The lowest BCUT2D eigenvalue weighted by molar-refractivity contribution is 1.70. The number of hydrogen-bond donors (Lipinski definition) is 1. The first kappa shape index (κ1) is 11.4. The second-order valence-electron chi connectivity index (χ2n) is 5.00. The molecular weight excluding hydrogens is 344 g/mol. The van der Waals surface area contributed by atoms with Crippen LogP contribution in [0.25, 0.3) is 33.0 Å². The van der Waals surface area contributed by atoms with Crippen LogP contribution in [0.1, 0.15) is 0 Å². The number of halogens is 1. The van der Waals surface area contributed by atoms with Gasteiger partial charge in [0.05, 0.1) is 0 Å². The van der Waals surface area contributed by atoms with Gasteiger partial charge in [-0.15, -0.1) is 0 Å². The van der Waals surface area contributed by atoms with Crippen LogP contribution in [0.2, 0.25) is 0 Å². The fourth-order valence-electron chi connectivity index (χ4n) is 3.13. The summed E-state index contributed by atoms with van der Waals surface area (Å²) in [4.78, 5) is 0. The molecular formula is C16H11BIN. The number of anilines is 1. The molecule has 0 fully saturated rings. The Bertz CT molecular complexity index is 855. The molecule has 0 aliphatic heterocycles. The van der Waals surface area contributed by atoms with Crippen molar-refractivity contribution >= 4 is 52.4 Å². The summed E-state index contributed by atoms with van der Waals surface area (Å²) in [6, 6.07) is 15.1. The van der Waals surface area contributed by atoms with Crippen LogP contribution < -0.4 is 11.2 Å². The van der Waals surface area contributed by atoms with E-state index in [4.69, 9.17) is 5.73 Å². The maximum Gasteiger partial charge on any atom is 0.142 e. The third kappa shape index (κ3) is 1.31. The normalized spacial score (nSPS) is 11.8. The van der Waals surface area contributed by atoms with E-state index in [1.54, 1.807) is 0 Å². The van der Waals surface area contributed by atoms with Crippen molar-refractivity contribution in [2.45, 2.75) is 0 Å². The first-order chi connectivity index (χ1) is 9.20. The van der Waals surface area contributed by atoms with E-state index in [1.807, 2.05) is 0 Å². The maximum atomic E-state index is 6.30. The molecule has 19 heavy (non-hydrogen) atoms. The Morgan fingerprint density at radius 2 is 1.58 bits per heavy atom. The first-order valence-electron chi connectivity index (χ1n) is 6.30. The van der Waals surface area contributed by atoms with Crippen molar-refractivity contribution in [2.24, 2.45) is 0 Å². The van der Waals surface area contributed by atoms with Crippen molar-refractivity contribution < 1.29 is 0 Å². The SMILES string of the molecule is Bc1c(N)c(I)c2cccc3c2c1-c1ccccc1-3. The van der Waals surface area contributed by atoms with Gasteiger partial charge in [-0.3, -0.25) is 0 Å². The number of fused-ring (bicyclic) bond motifs is 3. The van der Waals surface area contributed by atoms with Crippen LogP contribution in [-0.4, -0.2) is 7.85 Å². The van der Waals surface area contributed by atoms with Gasteiger partial charge in [0.15, 0.2) is 0 Å². The molecule has 0 spiro atoms. The Hall–Kier alpha value is -1.49. The summed E-state index contributed by atoms with van der Waals surface area (Å²) in [7, 11) is 2.13. The maximum absolute atomic E-state index is 6.30. The molecule has 4 rings (SSSR count). The molecule has 0 bridgehead atoms. The lowest BCUT2D eigenvalue weighted by Crippen LogP contribution is -2.14. The number of nitrogens with two attached hydrogens (primary N) is 1. The lowest BCUT2D eigenvalue weighted by Gasteiger charge is -2.12. The van der Waals surface area contributed by atoms with E-state index in [0.29, 0.717) is 0 Å². The van der Waals surface area contributed by atoms with Crippen LogP contribution in [0, 0.1) is 3.57 Å². The molecule has 3 aromatic carbocycles. The molecule has 1 aliphatic rings. The molecule has 0 amide bonds. The third-order valence-electron chi connectivity index (χ3n) is 4.05. The standard InChI is InChI=1S/C16H11BIN/c17-14-13-10-5-2-1-4-8(10)9-6-3-7-11(12(9)13)15(18)16(14)19/h1-7H,17,19H2. The monoisotopic (exact) mass is 355 g/mol. The van der Waals surface area contributed by atoms with Gasteiger partial charge in [0.1, 0.15) is 7.85 Å². The van der Waals surface area contributed by atoms with E-state index in [2.05, 4.69) is 72.9 Å². The highest BCUT2D eigenvalue weighted by molar-refractivity contribution is 14.1. The molecule has 0 atom stereocenters. The molecule has 0 saturated carbocycles. The number of nitrogen functional groups attached to an aromatic ring is 1. The van der Waals surface area contributed by atoms with Gasteiger partial charge in [-0.2, -0.15) is 0 Å². The van der Waals surface area contributed by atoms with Gasteiger partial charge >= 0.3 is 0 Å². The van der Waals surface area contributed by atoms with Crippen LogP contribution in [0.15, 0.2) is 42.5 Å². The Balaban J connectivity index is 2.35.